The second kappa shape index (κ2) is 7.86. The molecule has 0 aliphatic carbocycles. The van der Waals surface area contributed by atoms with Gasteiger partial charge < -0.3 is 9.64 Å². The van der Waals surface area contributed by atoms with Gasteiger partial charge in [-0.2, -0.15) is 0 Å². The molecule has 3 rings (SSSR count). The number of hydrogen-bond donors (Lipinski definition) is 0. The van der Waals surface area contributed by atoms with Crippen LogP contribution < -0.4 is 0 Å². The molecule has 1 unspecified atom stereocenters. The number of ether oxygens (including phenoxy) is 1. The Balaban J connectivity index is 1.49. The monoisotopic (exact) mass is 316 g/mol. The average molecular weight is 316 g/mol. The third-order valence-corrected chi connectivity index (χ3v) is 5.24. The molecule has 0 amide bonds. The van der Waals surface area contributed by atoms with Crippen molar-refractivity contribution < 1.29 is 4.74 Å². The fourth-order valence-corrected chi connectivity index (χ4v) is 3.99. The number of nitrogens with zero attached hydrogens (tertiary/aromatic N) is 2. The van der Waals surface area contributed by atoms with E-state index in [1.165, 1.54) is 29.0 Å². The molecule has 3 nitrogen and oxygen atoms in total. The predicted molar refractivity (Wildman–Crippen MR) is 91.1 cm³/mol. The Morgan fingerprint density at radius 1 is 1.27 bits per heavy atom. The van der Waals surface area contributed by atoms with E-state index in [1.54, 1.807) is 0 Å². The summed E-state index contributed by atoms with van der Waals surface area (Å²) in [5.41, 5.74) is 1.16. The van der Waals surface area contributed by atoms with Crippen molar-refractivity contribution in [2.75, 3.05) is 20.2 Å². The van der Waals surface area contributed by atoms with E-state index in [4.69, 9.17) is 4.74 Å². The van der Waals surface area contributed by atoms with Gasteiger partial charge in [0.05, 0.1) is 6.10 Å². The maximum Gasteiger partial charge on any atom is 0.0916 e. The standard InChI is InChI=1S/C18H24N2OS/c1-20(12-10-15-6-2-4-11-19-15)14-16-8-9-18(22-16)17-7-3-5-13-21-17/h2,4,6,8-9,11,17H,3,5,7,10,12-14H2,1H3. The summed E-state index contributed by atoms with van der Waals surface area (Å²) in [6.45, 7) is 2.95. The molecule has 1 aliphatic rings. The van der Waals surface area contributed by atoms with E-state index in [0.29, 0.717) is 6.10 Å². The van der Waals surface area contributed by atoms with Crippen LogP contribution in [0.15, 0.2) is 36.5 Å². The summed E-state index contributed by atoms with van der Waals surface area (Å²) < 4.78 is 5.88. The summed E-state index contributed by atoms with van der Waals surface area (Å²) in [7, 11) is 2.18. The van der Waals surface area contributed by atoms with Crippen LogP contribution in [0.4, 0.5) is 0 Å². The van der Waals surface area contributed by atoms with Gasteiger partial charge in [-0.15, -0.1) is 11.3 Å². The number of pyridine rings is 1. The summed E-state index contributed by atoms with van der Waals surface area (Å²) in [4.78, 5) is 9.57. The molecule has 118 valence electrons. The van der Waals surface area contributed by atoms with E-state index >= 15 is 0 Å². The third kappa shape index (κ3) is 4.38. The van der Waals surface area contributed by atoms with E-state index in [1.807, 2.05) is 23.6 Å². The van der Waals surface area contributed by atoms with Gasteiger partial charge in [0.1, 0.15) is 0 Å². The van der Waals surface area contributed by atoms with E-state index in [2.05, 4.69) is 41.2 Å². The highest BCUT2D eigenvalue weighted by Crippen LogP contribution is 2.32. The van der Waals surface area contributed by atoms with Crippen molar-refractivity contribution in [2.24, 2.45) is 0 Å². The zero-order valence-electron chi connectivity index (χ0n) is 13.2. The molecule has 22 heavy (non-hydrogen) atoms. The van der Waals surface area contributed by atoms with Crippen molar-refractivity contribution in [2.45, 2.75) is 38.3 Å². The van der Waals surface area contributed by atoms with Crippen molar-refractivity contribution in [3.63, 3.8) is 0 Å². The lowest BCUT2D eigenvalue weighted by Crippen LogP contribution is -2.20. The second-order valence-electron chi connectivity index (χ2n) is 5.97. The molecule has 1 atom stereocenters. The van der Waals surface area contributed by atoms with E-state index < -0.39 is 0 Å². The first-order valence-electron chi connectivity index (χ1n) is 8.10. The minimum absolute atomic E-state index is 0.339. The van der Waals surface area contributed by atoms with Gasteiger partial charge in [0.15, 0.2) is 0 Å². The zero-order valence-corrected chi connectivity index (χ0v) is 14.0. The van der Waals surface area contributed by atoms with Crippen molar-refractivity contribution in [3.8, 4) is 0 Å². The molecule has 0 saturated carbocycles. The number of hydrogen-bond acceptors (Lipinski definition) is 4. The van der Waals surface area contributed by atoms with Crippen molar-refractivity contribution >= 4 is 11.3 Å². The van der Waals surface area contributed by atoms with Crippen LogP contribution in [0.3, 0.4) is 0 Å². The lowest BCUT2D eigenvalue weighted by molar-refractivity contribution is 0.0172. The van der Waals surface area contributed by atoms with Gasteiger partial charge >= 0.3 is 0 Å². The van der Waals surface area contributed by atoms with Crippen LogP contribution in [0.1, 0.15) is 40.8 Å². The van der Waals surface area contributed by atoms with Crippen LogP contribution in [0, 0.1) is 0 Å². The Morgan fingerprint density at radius 2 is 2.23 bits per heavy atom. The maximum absolute atomic E-state index is 5.88. The maximum atomic E-state index is 5.88. The Morgan fingerprint density at radius 3 is 3.00 bits per heavy atom. The smallest absolute Gasteiger partial charge is 0.0916 e. The third-order valence-electron chi connectivity index (χ3n) is 4.08. The first-order valence-corrected chi connectivity index (χ1v) is 8.91. The first kappa shape index (κ1) is 15.7. The topological polar surface area (TPSA) is 25.4 Å². The fraction of sp³-hybridized carbons (Fsp3) is 0.500. The molecule has 3 heterocycles. The highest BCUT2D eigenvalue weighted by atomic mass is 32.1. The minimum Gasteiger partial charge on any atom is -0.373 e. The number of aromatic nitrogens is 1. The van der Waals surface area contributed by atoms with Crippen molar-refractivity contribution in [1.29, 1.82) is 0 Å². The Bertz CT molecular complexity index is 563. The molecule has 1 fully saturated rings. The van der Waals surface area contributed by atoms with Crippen molar-refractivity contribution in [3.05, 3.63) is 52.0 Å². The molecule has 0 N–H and O–H groups in total. The van der Waals surface area contributed by atoms with Crippen LogP contribution in [-0.2, 0) is 17.7 Å². The van der Waals surface area contributed by atoms with Crippen LogP contribution in [0.2, 0.25) is 0 Å². The fourth-order valence-electron chi connectivity index (χ4n) is 2.81. The van der Waals surface area contributed by atoms with Crippen LogP contribution in [0.5, 0.6) is 0 Å². The zero-order chi connectivity index (χ0) is 15.2. The molecule has 0 aromatic carbocycles. The lowest BCUT2D eigenvalue weighted by atomic mass is 10.1. The summed E-state index contributed by atoms with van der Waals surface area (Å²) in [5, 5.41) is 0. The molecule has 0 radical (unpaired) electrons. The normalized spacial score (nSPS) is 18.7. The molecular weight excluding hydrogens is 292 g/mol. The number of likely N-dealkylation sites (N-methyl/N-ethyl adjacent to an activating group) is 1. The summed E-state index contributed by atoms with van der Waals surface area (Å²) in [6.07, 6.45) is 6.89. The van der Waals surface area contributed by atoms with E-state index in [9.17, 15) is 0 Å². The summed E-state index contributed by atoms with van der Waals surface area (Å²) in [5.74, 6) is 0. The minimum atomic E-state index is 0.339. The number of rotatable bonds is 6. The molecule has 2 aromatic heterocycles. The van der Waals surface area contributed by atoms with Gasteiger partial charge in [0.25, 0.3) is 0 Å². The second-order valence-corrected chi connectivity index (χ2v) is 7.17. The average Bonchev–Trinajstić information content (AvgIpc) is 3.03. The molecule has 4 heteroatoms. The highest BCUT2D eigenvalue weighted by molar-refractivity contribution is 7.12. The van der Waals surface area contributed by atoms with E-state index in [0.717, 1.165) is 31.8 Å². The molecule has 2 aromatic rings. The molecule has 1 aliphatic heterocycles. The largest absolute Gasteiger partial charge is 0.373 e. The van der Waals surface area contributed by atoms with Crippen LogP contribution >= 0.6 is 11.3 Å². The van der Waals surface area contributed by atoms with Crippen molar-refractivity contribution in [1.82, 2.24) is 9.88 Å². The Labute approximate surface area is 137 Å². The molecule has 0 bridgehead atoms. The van der Waals surface area contributed by atoms with Gasteiger partial charge in [0.2, 0.25) is 0 Å². The van der Waals surface area contributed by atoms with Gasteiger partial charge in [0, 0.05) is 47.8 Å². The Kier molecular flexibility index (Phi) is 5.59. The van der Waals surface area contributed by atoms with Gasteiger partial charge in [-0.3, -0.25) is 4.98 Å². The van der Waals surface area contributed by atoms with Crippen LogP contribution in [0.25, 0.3) is 0 Å². The Hall–Kier alpha value is -1.23. The van der Waals surface area contributed by atoms with E-state index in [-0.39, 0.29) is 0 Å². The van der Waals surface area contributed by atoms with Gasteiger partial charge in [-0.1, -0.05) is 6.07 Å². The molecule has 0 spiro atoms. The summed E-state index contributed by atoms with van der Waals surface area (Å²) in [6, 6.07) is 10.6. The predicted octanol–water partition coefficient (Wildman–Crippen LogP) is 4.06. The van der Waals surface area contributed by atoms with Gasteiger partial charge in [-0.25, -0.2) is 0 Å². The first-order chi connectivity index (χ1) is 10.8. The SMILES string of the molecule is CN(CCc1ccccn1)Cc1ccc(C2CCCCO2)s1. The highest BCUT2D eigenvalue weighted by Gasteiger charge is 2.18. The van der Waals surface area contributed by atoms with Gasteiger partial charge in [-0.05, 0) is 50.6 Å². The molecular formula is C18H24N2OS. The molecule has 1 saturated heterocycles. The quantitative estimate of drug-likeness (QED) is 0.803. The summed E-state index contributed by atoms with van der Waals surface area (Å²) >= 11 is 1.91. The van der Waals surface area contributed by atoms with Crippen LogP contribution in [-0.4, -0.2) is 30.1 Å². The number of thiophene rings is 1. The lowest BCUT2D eigenvalue weighted by Gasteiger charge is -2.21.